The molecule has 366 valence electrons. The van der Waals surface area contributed by atoms with E-state index in [2.05, 4.69) is 51.6 Å². The van der Waals surface area contributed by atoms with Gasteiger partial charge in [0.05, 0.1) is 6.61 Å². The molecule has 2 unspecified atom stereocenters. The van der Waals surface area contributed by atoms with Crippen molar-refractivity contribution >= 4 is 5.97 Å². The molecule has 0 saturated carbocycles. The molecule has 0 aliphatic rings. The summed E-state index contributed by atoms with van der Waals surface area (Å²) >= 11 is 0. The topological polar surface area (TPSA) is 42.0 Å². The number of rotatable bonds is 52. The van der Waals surface area contributed by atoms with E-state index in [1.807, 2.05) is 0 Å². The molecule has 0 saturated heterocycles. The maximum atomic E-state index is 12.8. The van der Waals surface area contributed by atoms with E-state index in [1.165, 1.54) is 244 Å². The highest BCUT2D eigenvalue weighted by molar-refractivity contribution is 5.69. The fourth-order valence-electron chi connectivity index (χ4n) is 9.07. The highest BCUT2D eigenvalue weighted by atomic mass is 16.5. The number of carbonyl (C=O) groups is 1. The highest BCUT2D eigenvalue weighted by Crippen LogP contribution is 2.22. The molecule has 0 aliphatic carbocycles. The summed E-state index contributed by atoms with van der Waals surface area (Å²) in [4.78, 5) is 17.8. The van der Waals surface area contributed by atoms with Gasteiger partial charge in [0, 0.05) is 32.7 Å². The second kappa shape index (κ2) is 50.4. The van der Waals surface area contributed by atoms with E-state index in [1.54, 1.807) is 0 Å². The summed E-state index contributed by atoms with van der Waals surface area (Å²) in [6.45, 7) is 16.4. The van der Waals surface area contributed by atoms with Crippen LogP contribution in [-0.4, -0.2) is 75.9 Å². The lowest BCUT2D eigenvalue weighted by Gasteiger charge is -2.24. The lowest BCUT2D eigenvalue weighted by atomic mass is 9.94. The van der Waals surface area contributed by atoms with Crippen LogP contribution in [-0.2, 0) is 14.3 Å². The Morgan fingerprint density at radius 1 is 0.377 bits per heavy atom. The molecule has 0 radical (unpaired) electrons. The van der Waals surface area contributed by atoms with Crippen LogP contribution < -0.4 is 0 Å². The van der Waals surface area contributed by atoms with Gasteiger partial charge in [0.15, 0.2) is 0 Å². The molecule has 0 aromatic rings. The van der Waals surface area contributed by atoms with E-state index in [0.29, 0.717) is 18.9 Å². The molecule has 0 bridgehead atoms. The Balaban J connectivity index is 4.41. The van der Waals surface area contributed by atoms with Crippen LogP contribution in [0.5, 0.6) is 0 Å². The zero-order valence-electron chi connectivity index (χ0n) is 43.0. The van der Waals surface area contributed by atoms with Crippen LogP contribution in [0.15, 0.2) is 0 Å². The van der Waals surface area contributed by atoms with Crippen molar-refractivity contribution in [2.45, 2.75) is 285 Å². The molecule has 0 heterocycles. The summed E-state index contributed by atoms with van der Waals surface area (Å²) in [7, 11) is 4.37. The van der Waals surface area contributed by atoms with Gasteiger partial charge < -0.3 is 19.3 Å². The van der Waals surface area contributed by atoms with Crippen molar-refractivity contribution in [1.82, 2.24) is 9.80 Å². The third-order valence-electron chi connectivity index (χ3n) is 13.4. The van der Waals surface area contributed by atoms with Crippen molar-refractivity contribution in [3.63, 3.8) is 0 Å². The van der Waals surface area contributed by atoms with Crippen molar-refractivity contribution in [2.24, 2.45) is 11.8 Å². The highest BCUT2D eigenvalue weighted by Gasteiger charge is 2.14. The Kier molecular flexibility index (Phi) is 49.8. The number of nitrogens with zero attached hydrogens (tertiary/aromatic N) is 2. The fourth-order valence-corrected chi connectivity index (χ4v) is 9.07. The standard InChI is InChI=1S/C56H114N2O3/c1-7-11-15-19-23-25-29-35-43-54(42-34-27-21-17-13-9-3)52-60-51-41-32-31-39-47-58(50-49-57(5)6)48-40-33-38-46-56(59)61-53-55(44-36-28-22-18-14-10-4)45-37-30-26-24-20-16-12-8-2/h54-55H,7-53H2,1-6H3. The average molecular weight is 864 g/mol. The molecule has 5 nitrogen and oxygen atoms in total. The van der Waals surface area contributed by atoms with Gasteiger partial charge in [-0.2, -0.15) is 0 Å². The first-order valence-electron chi connectivity index (χ1n) is 28.1. The van der Waals surface area contributed by atoms with Crippen LogP contribution in [0.25, 0.3) is 0 Å². The van der Waals surface area contributed by atoms with E-state index in [9.17, 15) is 4.79 Å². The van der Waals surface area contributed by atoms with E-state index in [4.69, 9.17) is 9.47 Å². The van der Waals surface area contributed by atoms with Crippen LogP contribution in [0.1, 0.15) is 285 Å². The predicted molar refractivity (Wildman–Crippen MR) is 271 cm³/mol. The van der Waals surface area contributed by atoms with E-state index >= 15 is 0 Å². The number of carbonyl (C=O) groups excluding carboxylic acids is 1. The summed E-state index contributed by atoms with van der Waals surface area (Å²) in [5.74, 6) is 1.35. The maximum Gasteiger partial charge on any atom is 0.305 e. The quantitative estimate of drug-likeness (QED) is 0.0450. The van der Waals surface area contributed by atoms with Crippen molar-refractivity contribution in [3.8, 4) is 0 Å². The molecular formula is C56H114N2O3. The van der Waals surface area contributed by atoms with Gasteiger partial charge in [-0.25, -0.2) is 0 Å². The smallest absolute Gasteiger partial charge is 0.305 e. The first kappa shape index (κ1) is 60.4. The Bertz CT molecular complexity index is 837. The Morgan fingerprint density at radius 2 is 0.721 bits per heavy atom. The summed E-state index contributed by atoms with van der Waals surface area (Å²) in [6, 6.07) is 0. The molecule has 0 spiro atoms. The minimum atomic E-state index is 0.0362. The van der Waals surface area contributed by atoms with Gasteiger partial charge in [0.1, 0.15) is 0 Å². The predicted octanol–water partition coefficient (Wildman–Crippen LogP) is 17.3. The molecule has 0 fully saturated rings. The largest absolute Gasteiger partial charge is 0.465 e. The SMILES string of the molecule is CCCCCCCCCCC(CCCCCCCC)COCCCCCCN(CCCCCC(=O)OCC(CCCCCCCC)CCCCCCCCCC)CCN(C)C. The summed E-state index contributed by atoms with van der Waals surface area (Å²) in [6.07, 6.45) is 52.7. The minimum absolute atomic E-state index is 0.0362. The first-order valence-corrected chi connectivity index (χ1v) is 28.1. The molecule has 61 heavy (non-hydrogen) atoms. The van der Waals surface area contributed by atoms with Crippen LogP contribution in [0.2, 0.25) is 0 Å². The van der Waals surface area contributed by atoms with Crippen LogP contribution in [0.4, 0.5) is 0 Å². The first-order chi connectivity index (χ1) is 30.0. The third kappa shape index (κ3) is 47.1. The number of unbranched alkanes of at least 4 members (excludes halogenated alkanes) is 29. The molecule has 0 aromatic heterocycles. The summed E-state index contributed by atoms with van der Waals surface area (Å²) in [5.41, 5.74) is 0. The fraction of sp³-hybridized carbons (Fsp3) is 0.982. The molecule has 0 rings (SSSR count). The van der Waals surface area contributed by atoms with Crippen molar-refractivity contribution in [1.29, 1.82) is 0 Å². The normalized spacial score (nSPS) is 12.9. The number of likely N-dealkylation sites (N-methyl/N-ethyl adjacent to an activating group) is 1. The number of ether oxygens (including phenoxy) is 2. The third-order valence-corrected chi connectivity index (χ3v) is 13.4. The zero-order valence-corrected chi connectivity index (χ0v) is 43.0. The van der Waals surface area contributed by atoms with Gasteiger partial charge in [-0.05, 0) is 90.4 Å². The summed E-state index contributed by atoms with van der Waals surface area (Å²) < 4.78 is 12.3. The Hall–Kier alpha value is -0.650. The Morgan fingerprint density at radius 3 is 1.13 bits per heavy atom. The van der Waals surface area contributed by atoms with Crippen molar-refractivity contribution < 1.29 is 14.3 Å². The molecular weight excluding hydrogens is 749 g/mol. The van der Waals surface area contributed by atoms with Crippen LogP contribution in [0, 0.1) is 11.8 Å². The van der Waals surface area contributed by atoms with Crippen LogP contribution in [0.3, 0.4) is 0 Å². The second-order valence-corrected chi connectivity index (χ2v) is 20.0. The van der Waals surface area contributed by atoms with Gasteiger partial charge in [0.25, 0.3) is 0 Å². The molecule has 0 aliphatic heterocycles. The van der Waals surface area contributed by atoms with Crippen molar-refractivity contribution in [2.75, 3.05) is 60.1 Å². The van der Waals surface area contributed by atoms with E-state index in [0.717, 1.165) is 51.6 Å². The zero-order chi connectivity index (χ0) is 44.5. The van der Waals surface area contributed by atoms with E-state index < -0.39 is 0 Å². The van der Waals surface area contributed by atoms with E-state index in [-0.39, 0.29) is 5.97 Å². The summed E-state index contributed by atoms with van der Waals surface area (Å²) in [5, 5.41) is 0. The number of hydrogen-bond donors (Lipinski definition) is 0. The number of esters is 1. The number of hydrogen-bond acceptors (Lipinski definition) is 5. The van der Waals surface area contributed by atoms with Gasteiger partial charge >= 0.3 is 5.97 Å². The average Bonchev–Trinajstić information content (AvgIpc) is 3.25. The lowest BCUT2D eigenvalue weighted by Crippen LogP contribution is -2.33. The monoisotopic (exact) mass is 863 g/mol. The molecule has 0 amide bonds. The Labute approximate surface area is 385 Å². The van der Waals surface area contributed by atoms with Crippen LogP contribution >= 0.6 is 0 Å². The van der Waals surface area contributed by atoms with Gasteiger partial charge in [-0.15, -0.1) is 0 Å². The van der Waals surface area contributed by atoms with Gasteiger partial charge in [-0.3, -0.25) is 4.79 Å². The lowest BCUT2D eigenvalue weighted by molar-refractivity contribution is -0.145. The second-order valence-electron chi connectivity index (χ2n) is 20.0. The van der Waals surface area contributed by atoms with Gasteiger partial charge in [0.2, 0.25) is 0 Å². The molecule has 5 heteroatoms. The molecule has 2 atom stereocenters. The van der Waals surface area contributed by atoms with Crippen molar-refractivity contribution in [3.05, 3.63) is 0 Å². The van der Waals surface area contributed by atoms with Gasteiger partial charge in [-0.1, -0.05) is 227 Å². The minimum Gasteiger partial charge on any atom is -0.465 e. The molecule has 0 aromatic carbocycles. The maximum absolute atomic E-state index is 12.8. The molecule has 0 N–H and O–H groups in total.